The maximum atomic E-state index is 12.5. The van der Waals surface area contributed by atoms with E-state index < -0.39 is 14.9 Å². The average Bonchev–Trinajstić information content (AvgIpc) is 2.36. The summed E-state index contributed by atoms with van der Waals surface area (Å²) in [6.07, 6.45) is 2.64. The van der Waals surface area contributed by atoms with Gasteiger partial charge in [-0.1, -0.05) is 38.8 Å². The van der Waals surface area contributed by atoms with Gasteiger partial charge in [0.15, 0.2) is 4.90 Å². The minimum Gasteiger partial charge on any atom is -0.258 e. The summed E-state index contributed by atoms with van der Waals surface area (Å²) in [5.74, 6) is 0.571. The molecule has 22 heavy (non-hydrogen) atoms. The Balaban J connectivity index is 2.94. The summed E-state index contributed by atoms with van der Waals surface area (Å²) in [7, 11) is -3.91. The van der Waals surface area contributed by atoms with Crippen LogP contribution in [0.5, 0.6) is 0 Å². The lowest BCUT2D eigenvalue weighted by molar-refractivity contribution is -0.387. The predicted octanol–water partition coefficient (Wildman–Crippen LogP) is 3.40. The van der Waals surface area contributed by atoms with E-state index in [2.05, 4.69) is 18.6 Å². The van der Waals surface area contributed by atoms with Crippen LogP contribution in [0.25, 0.3) is 0 Å². The van der Waals surface area contributed by atoms with Crippen LogP contribution < -0.4 is 4.72 Å². The maximum absolute atomic E-state index is 12.5. The van der Waals surface area contributed by atoms with Gasteiger partial charge in [0.1, 0.15) is 0 Å². The Kier molecular flexibility index (Phi) is 6.49. The molecule has 0 radical (unpaired) electrons. The van der Waals surface area contributed by atoms with E-state index in [4.69, 9.17) is 0 Å². The maximum Gasteiger partial charge on any atom is 0.289 e. The molecule has 0 heterocycles. The van der Waals surface area contributed by atoms with E-state index in [1.165, 1.54) is 12.1 Å². The van der Waals surface area contributed by atoms with Crippen LogP contribution in [0.4, 0.5) is 5.69 Å². The van der Waals surface area contributed by atoms with E-state index in [-0.39, 0.29) is 16.6 Å². The van der Waals surface area contributed by atoms with Crippen LogP contribution in [0.3, 0.4) is 0 Å². The molecule has 7 heteroatoms. The van der Waals surface area contributed by atoms with Gasteiger partial charge in [-0.25, -0.2) is 13.1 Å². The van der Waals surface area contributed by atoms with Crippen molar-refractivity contribution in [2.75, 3.05) is 0 Å². The lowest BCUT2D eigenvalue weighted by atomic mass is 10.0. The molecule has 0 aliphatic rings. The van der Waals surface area contributed by atoms with Gasteiger partial charge in [0.25, 0.3) is 5.69 Å². The van der Waals surface area contributed by atoms with Gasteiger partial charge in [-0.15, -0.1) is 0 Å². The second-order valence-corrected chi connectivity index (χ2v) is 7.68. The first-order chi connectivity index (χ1) is 10.1. The third kappa shape index (κ3) is 5.06. The molecule has 124 valence electrons. The molecule has 0 saturated carbocycles. The largest absolute Gasteiger partial charge is 0.289 e. The van der Waals surface area contributed by atoms with Crippen LogP contribution >= 0.6 is 0 Å². The zero-order valence-electron chi connectivity index (χ0n) is 13.5. The van der Waals surface area contributed by atoms with Crippen LogP contribution in [0.1, 0.15) is 45.6 Å². The number of nitrogens with zero attached hydrogens (tertiary/aromatic N) is 1. The number of rotatable bonds is 8. The number of nitro groups is 1. The number of hydrogen-bond acceptors (Lipinski definition) is 4. The molecule has 0 aromatic heterocycles. The Morgan fingerprint density at radius 2 is 1.86 bits per heavy atom. The van der Waals surface area contributed by atoms with Crippen molar-refractivity contribution in [3.05, 3.63) is 33.9 Å². The van der Waals surface area contributed by atoms with E-state index in [9.17, 15) is 18.5 Å². The third-order valence-corrected chi connectivity index (χ3v) is 5.21. The Hall–Kier alpha value is -1.47. The van der Waals surface area contributed by atoms with Crippen molar-refractivity contribution < 1.29 is 13.3 Å². The summed E-state index contributed by atoms with van der Waals surface area (Å²) in [5, 5.41) is 11.1. The molecule has 6 nitrogen and oxygen atoms in total. The minimum atomic E-state index is -3.91. The van der Waals surface area contributed by atoms with E-state index in [0.717, 1.165) is 12.8 Å². The number of hydrogen-bond donors (Lipinski definition) is 1. The second-order valence-electron chi connectivity index (χ2n) is 6.03. The van der Waals surface area contributed by atoms with E-state index in [0.29, 0.717) is 17.9 Å². The molecule has 0 aliphatic heterocycles. The Labute approximate surface area is 132 Å². The molecule has 1 atom stereocenters. The summed E-state index contributed by atoms with van der Waals surface area (Å²) in [6.45, 7) is 7.57. The highest BCUT2D eigenvalue weighted by atomic mass is 32.2. The minimum absolute atomic E-state index is 0.240. The van der Waals surface area contributed by atoms with Gasteiger partial charge in [-0.2, -0.15) is 0 Å². The number of benzene rings is 1. The first-order valence-electron chi connectivity index (χ1n) is 7.41. The molecule has 0 spiro atoms. The summed E-state index contributed by atoms with van der Waals surface area (Å²) >= 11 is 0. The molecular formula is C15H24N2O4S. The zero-order valence-corrected chi connectivity index (χ0v) is 14.3. The van der Waals surface area contributed by atoms with Crippen molar-refractivity contribution in [2.45, 2.75) is 57.9 Å². The standard InChI is InChI=1S/C15H24N2O4S/c1-11(2)7-5-9-13(4)16-22(20,21)15-12(3)8-6-10-14(15)17(18)19/h6,8,10-11,13,16H,5,7,9H2,1-4H3. The fourth-order valence-electron chi connectivity index (χ4n) is 2.35. The Morgan fingerprint density at radius 3 is 2.41 bits per heavy atom. The molecule has 1 aromatic rings. The highest BCUT2D eigenvalue weighted by Gasteiger charge is 2.28. The smallest absolute Gasteiger partial charge is 0.258 e. The number of aryl methyl sites for hydroxylation is 1. The lowest BCUT2D eigenvalue weighted by Gasteiger charge is -2.16. The number of nitrogens with one attached hydrogen (secondary N) is 1. The van der Waals surface area contributed by atoms with Crippen LogP contribution in [0.2, 0.25) is 0 Å². The fraction of sp³-hybridized carbons (Fsp3) is 0.600. The Bertz CT molecular complexity index is 626. The molecule has 0 amide bonds. The highest BCUT2D eigenvalue weighted by Crippen LogP contribution is 2.27. The number of nitro benzene ring substituents is 1. The van der Waals surface area contributed by atoms with E-state index >= 15 is 0 Å². The molecule has 0 aliphatic carbocycles. The van der Waals surface area contributed by atoms with Gasteiger partial charge in [0.05, 0.1) is 4.92 Å². The van der Waals surface area contributed by atoms with Crippen LogP contribution in [0.15, 0.2) is 23.1 Å². The molecule has 0 bridgehead atoms. The van der Waals surface area contributed by atoms with Gasteiger partial charge < -0.3 is 0 Å². The monoisotopic (exact) mass is 328 g/mol. The summed E-state index contributed by atoms with van der Waals surface area (Å²) < 4.78 is 27.5. The van der Waals surface area contributed by atoms with Crippen LogP contribution in [0, 0.1) is 23.0 Å². The van der Waals surface area contributed by atoms with Crippen LogP contribution in [-0.4, -0.2) is 19.4 Å². The molecule has 0 saturated heterocycles. The number of sulfonamides is 1. The fourth-order valence-corrected chi connectivity index (χ4v) is 4.02. The first-order valence-corrected chi connectivity index (χ1v) is 8.89. The normalized spacial score (nSPS) is 13.3. The molecule has 1 unspecified atom stereocenters. The van der Waals surface area contributed by atoms with Crippen molar-refractivity contribution in [1.29, 1.82) is 0 Å². The Morgan fingerprint density at radius 1 is 1.23 bits per heavy atom. The topological polar surface area (TPSA) is 89.3 Å². The highest BCUT2D eigenvalue weighted by molar-refractivity contribution is 7.89. The molecule has 0 fully saturated rings. The van der Waals surface area contributed by atoms with Gasteiger partial charge in [-0.05, 0) is 31.7 Å². The SMILES string of the molecule is Cc1cccc([N+](=O)[O-])c1S(=O)(=O)NC(C)CCCC(C)C. The van der Waals surface area contributed by atoms with Gasteiger partial charge in [-0.3, -0.25) is 10.1 Å². The van der Waals surface area contributed by atoms with Gasteiger partial charge in [0, 0.05) is 12.1 Å². The molecule has 1 N–H and O–H groups in total. The van der Waals surface area contributed by atoms with Gasteiger partial charge in [0.2, 0.25) is 10.0 Å². The van der Waals surface area contributed by atoms with E-state index in [1.807, 2.05) is 0 Å². The van der Waals surface area contributed by atoms with Crippen molar-refractivity contribution in [2.24, 2.45) is 5.92 Å². The first kappa shape index (κ1) is 18.6. The van der Waals surface area contributed by atoms with Crippen LogP contribution in [-0.2, 0) is 10.0 Å². The van der Waals surface area contributed by atoms with Crippen molar-refractivity contribution in [3.8, 4) is 0 Å². The van der Waals surface area contributed by atoms with Crippen molar-refractivity contribution in [3.63, 3.8) is 0 Å². The summed E-state index contributed by atoms with van der Waals surface area (Å²) in [6, 6.07) is 4.00. The van der Waals surface area contributed by atoms with Gasteiger partial charge >= 0.3 is 0 Å². The van der Waals surface area contributed by atoms with E-state index in [1.54, 1.807) is 19.9 Å². The molecule has 1 aromatic carbocycles. The predicted molar refractivity (Wildman–Crippen MR) is 86.3 cm³/mol. The summed E-state index contributed by atoms with van der Waals surface area (Å²) in [5.41, 5.74) is -0.0158. The summed E-state index contributed by atoms with van der Waals surface area (Å²) in [4.78, 5) is 10.2. The molecular weight excluding hydrogens is 304 g/mol. The second kappa shape index (κ2) is 7.69. The quantitative estimate of drug-likeness (QED) is 0.585. The third-order valence-electron chi connectivity index (χ3n) is 3.43. The lowest BCUT2D eigenvalue weighted by Crippen LogP contribution is -2.33. The van der Waals surface area contributed by atoms with Crippen molar-refractivity contribution in [1.82, 2.24) is 4.72 Å². The average molecular weight is 328 g/mol. The van der Waals surface area contributed by atoms with Crippen molar-refractivity contribution >= 4 is 15.7 Å². The zero-order chi connectivity index (χ0) is 16.9. The molecule has 1 rings (SSSR count).